The van der Waals surface area contributed by atoms with Gasteiger partial charge in [-0.25, -0.2) is 5.01 Å². The van der Waals surface area contributed by atoms with Crippen LogP contribution >= 0.6 is 0 Å². The van der Waals surface area contributed by atoms with Gasteiger partial charge in [-0.2, -0.15) is 5.10 Å². The van der Waals surface area contributed by atoms with E-state index in [-0.39, 0.29) is 24.4 Å². The van der Waals surface area contributed by atoms with Crippen LogP contribution in [0.1, 0.15) is 30.6 Å². The second-order valence-electron chi connectivity index (χ2n) is 8.65. The fraction of sp³-hybridized carbons (Fsp3) is 0.480. The molecule has 0 bridgehead atoms. The van der Waals surface area contributed by atoms with Crippen molar-refractivity contribution in [3.8, 4) is 5.75 Å². The first kappa shape index (κ1) is 24.0. The lowest BCUT2D eigenvalue weighted by molar-refractivity contribution is -0.140. The van der Waals surface area contributed by atoms with Crippen molar-refractivity contribution >= 4 is 17.5 Å². The van der Waals surface area contributed by atoms with Crippen LogP contribution in [0.4, 0.5) is 0 Å². The van der Waals surface area contributed by atoms with Crippen molar-refractivity contribution in [3.63, 3.8) is 0 Å². The van der Waals surface area contributed by atoms with Crippen LogP contribution in [0.5, 0.6) is 5.75 Å². The summed E-state index contributed by atoms with van der Waals surface area (Å²) < 4.78 is 13.0. The third kappa shape index (κ3) is 5.31. The molecule has 1 aromatic heterocycles. The zero-order chi connectivity index (χ0) is 24.1. The Labute approximate surface area is 200 Å². The summed E-state index contributed by atoms with van der Waals surface area (Å²) in [5.41, 5.74) is 2.69. The van der Waals surface area contributed by atoms with Crippen LogP contribution in [0.3, 0.4) is 0 Å². The largest absolute Gasteiger partial charge is 0.496 e. The maximum absolute atomic E-state index is 13.5. The number of amides is 2. The quantitative estimate of drug-likeness (QED) is 0.593. The normalized spacial score (nSPS) is 18.6. The highest BCUT2D eigenvalue weighted by Gasteiger charge is 2.36. The smallest absolute Gasteiger partial charge is 0.262 e. The number of hydrogen-bond acceptors (Lipinski definition) is 6. The number of aromatic nitrogens is 1. The molecule has 2 aliphatic heterocycles. The average Bonchev–Trinajstić information content (AvgIpc) is 3.48. The highest BCUT2D eigenvalue weighted by Crippen LogP contribution is 2.37. The molecule has 1 saturated heterocycles. The predicted molar refractivity (Wildman–Crippen MR) is 129 cm³/mol. The average molecular weight is 468 g/mol. The Kier molecular flexibility index (Phi) is 7.64. The van der Waals surface area contributed by atoms with Crippen molar-refractivity contribution in [2.45, 2.75) is 19.4 Å². The molecule has 2 aliphatic rings. The van der Waals surface area contributed by atoms with E-state index in [1.54, 1.807) is 12.0 Å². The summed E-state index contributed by atoms with van der Waals surface area (Å²) in [5.74, 6) is 0.378. The molecule has 0 N–H and O–H groups in total. The Bertz CT molecular complexity index is 1040. The lowest BCUT2D eigenvalue weighted by Crippen LogP contribution is -2.46. The first-order valence-electron chi connectivity index (χ1n) is 11.7. The van der Waals surface area contributed by atoms with E-state index in [1.165, 1.54) is 11.9 Å². The second kappa shape index (κ2) is 10.8. The van der Waals surface area contributed by atoms with E-state index in [2.05, 4.69) is 4.90 Å². The monoisotopic (exact) mass is 467 g/mol. The van der Waals surface area contributed by atoms with Crippen LogP contribution in [0, 0.1) is 0 Å². The number of nitrogens with zero attached hydrogens (tertiary/aromatic N) is 5. The van der Waals surface area contributed by atoms with Crippen molar-refractivity contribution in [2.24, 2.45) is 12.1 Å². The SMILES string of the molecule is COc1ccccc1C1CC(c2cccn2C)=NN1C(=O)CN(CCN1CCOCC1)C(C)=O. The second-order valence-corrected chi connectivity index (χ2v) is 8.65. The van der Waals surface area contributed by atoms with Crippen molar-refractivity contribution in [3.05, 3.63) is 53.9 Å². The third-order valence-electron chi connectivity index (χ3n) is 6.46. The van der Waals surface area contributed by atoms with Crippen molar-refractivity contribution in [2.75, 3.05) is 53.0 Å². The number of morpholine rings is 1. The summed E-state index contributed by atoms with van der Waals surface area (Å²) in [7, 11) is 3.59. The van der Waals surface area contributed by atoms with Gasteiger partial charge in [-0.05, 0) is 18.2 Å². The maximum Gasteiger partial charge on any atom is 0.262 e. The summed E-state index contributed by atoms with van der Waals surface area (Å²) >= 11 is 0. The van der Waals surface area contributed by atoms with E-state index in [1.807, 2.05) is 54.2 Å². The predicted octanol–water partition coefficient (Wildman–Crippen LogP) is 1.89. The summed E-state index contributed by atoms with van der Waals surface area (Å²) in [6.45, 7) is 5.76. The van der Waals surface area contributed by atoms with E-state index in [9.17, 15) is 9.59 Å². The van der Waals surface area contributed by atoms with Crippen LogP contribution in [0.15, 0.2) is 47.7 Å². The summed E-state index contributed by atoms with van der Waals surface area (Å²) in [6.07, 6.45) is 2.53. The minimum absolute atomic E-state index is 0.0186. The number of rotatable bonds is 8. The number of benzene rings is 1. The molecule has 0 saturated carbocycles. The van der Waals surface area contributed by atoms with Gasteiger partial charge in [0.15, 0.2) is 0 Å². The van der Waals surface area contributed by atoms with Gasteiger partial charge in [0.05, 0.1) is 37.8 Å². The summed E-state index contributed by atoms with van der Waals surface area (Å²) in [4.78, 5) is 29.8. The van der Waals surface area contributed by atoms with Gasteiger partial charge >= 0.3 is 0 Å². The topological polar surface area (TPSA) is 79.6 Å². The van der Waals surface area contributed by atoms with Crippen LogP contribution in [-0.2, 0) is 21.4 Å². The van der Waals surface area contributed by atoms with Crippen LogP contribution in [-0.4, -0.2) is 89.9 Å². The number of hydrogen-bond donors (Lipinski definition) is 0. The van der Waals surface area contributed by atoms with Gasteiger partial charge in [0.2, 0.25) is 5.91 Å². The molecule has 9 heteroatoms. The molecule has 1 fully saturated rings. The molecule has 0 radical (unpaired) electrons. The lowest BCUT2D eigenvalue weighted by atomic mass is 9.99. The molecular weight excluding hydrogens is 434 g/mol. The molecule has 1 aromatic carbocycles. The first-order chi connectivity index (χ1) is 16.5. The number of methoxy groups -OCH3 is 1. The Morgan fingerprint density at radius 1 is 1.18 bits per heavy atom. The fourth-order valence-electron chi connectivity index (χ4n) is 4.51. The molecule has 2 aromatic rings. The zero-order valence-electron chi connectivity index (χ0n) is 20.1. The van der Waals surface area contributed by atoms with Gasteiger partial charge in [-0.1, -0.05) is 18.2 Å². The van der Waals surface area contributed by atoms with Gasteiger partial charge in [0, 0.05) is 58.3 Å². The third-order valence-corrected chi connectivity index (χ3v) is 6.46. The summed E-state index contributed by atoms with van der Waals surface area (Å²) in [5, 5.41) is 6.28. The van der Waals surface area contributed by atoms with E-state index in [4.69, 9.17) is 14.6 Å². The van der Waals surface area contributed by atoms with Crippen LogP contribution in [0.25, 0.3) is 0 Å². The molecule has 1 unspecified atom stereocenters. The fourth-order valence-corrected chi connectivity index (χ4v) is 4.51. The van der Waals surface area contributed by atoms with Gasteiger partial charge in [-0.15, -0.1) is 0 Å². The van der Waals surface area contributed by atoms with E-state index in [0.29, 0.717) is 38.5 Å². The van der Waals surface area contributed by atoms with E-state index in [0.717, 1.165) is 30.1 Å². The molecule has 0 aliphatic carbocycles. The molecule has 2 amide bonds. The minimum atomic E-state index is -0.304. The number of carbonyl (C=O) groups is 2. The van der Waals surface area contributed by atoms with E-state index < -0.39 is 0 Å². The standard InChI is InChI=1S/C25H33N5O4/c1-19(31)29(12-11-28-13-15-34-16-14-28)18-25(32)30-23(20-7-4-5-9-24(20)33-3)17-21(26-30)22-8-6-10-27(22)2/h4-10,23H,11-18H2,1-3H3. The molecule has 1 atom stereocenters. The number of para-hydroxylation sites is 1. The molecule has 0 spiro atoms. The zero-order valence-corrected chi connectivity index (χ0v) is 20.1. The Balaban J connectivity index is 1.55. The Morgan fingerprint density at radius 2 is 1.94 bits per heavy atom. The molecule has 34 heavy (non-hydrogen) atoms. The van der Waals surface area contributed by atoms with Crippen molar-refractivity contribution < 1.29 is 19.1 Å². The molecule has 3 heterocycles. The number of ether oxygens (including phenoxy) is 2. The molecular formula is C25H33N5O4. The molecule has 182 valence electrons. The van der Waals surface area contributed by atoms with E-state index >= 15 is 0 Å². The van der Waals surface area contributed by atoms with Crippen molar-refractivity contribution in [1.82, 2.24) is 19.4 Å². The molecule has 4 rings (SSSR count). The highest BCUT2D eigenvalue weighted by molar-refractivity contribution is 6.02. The van der Waals surface area contributed by atoms with Gasteiger partial charge in [-0.3, -0.25) is 14.5 Å². The van der Waals surface area contributed by atoms with Gasteiger partial charge in [0.1, 0.15) is 12.3 Å². The Morgan fingerprint density at radius 3 is 2.62 bits per heavy atom. The minimum Gasteiger partial charge on any atom is -0.496 e. The number of aryl methyl sites for hydroxylation is 1. The highest BCUT2D eigenvalue weighted by atomic mass is 16.5. The van der Waals surface area contributed by atoms with Crippen LogP contribution in [0.2, 0.25) is 0 Å². The van der Waals surface area contributed by atoms with Crippen LogP contribution < -0.4 is 4.74 Å². The lowest BCUT2D eigenvalue weighted by Gasteiger charge is -2.30. The van der Waals surface area contributed by atoms with Gasteiger partial charge < -0.3 is 18.9 Å². The van der Waals surface area contributed by atoms with Gasteiger partial charge in [0.25, 0.3) is 5.91 Å². The van der Waals surface area contributed by atoms with Crippen molar-refractivity contribution in [1.29, 1.82) is 0 Å². The number of hydrazone groups is 1. The first-order valence-corrected chi connectivity index (χ1v) is 11.7. The molecule has 9 nitrogen and oxygen atoms in total. The number of carbonyl (C=O) groups excluding carboxylic acids is 2. The Hall–Kier alpha value is -3.17. The maximum atomic E-state index is 13.5. The summed E-state index contributed by atoms with van der Waals surface area (Å²) in [6, 6.07) is 11.4.